The number of pyridine rings is 2. The van der Waals surface area contributed by atoms with Crippen molar-refractivity contribution < 1.29 is 22.8 Å². The number of aromatic nitrogens is 2. The molecule has 0 aromatic carbocycles. The van der Waals surface area contributed by atoms with E-state index in [-0.39, 0.29) is 11.7 Å². The molecule has 0 aliphatic carbocycles. The number of carbonyl (C=O) groups is 2. The summed E-state index contributed by atoms with van der Waals surface area (Å²) in [5, 5.41) is 2.75. The molecule has 0 radical (unpaired) electrons. The number of aryl methyl sites for hydroxylation is 1. The molecule has 1 fully saturated rings. The highest BCUT2D eigenvalue weighted by molar-refractivity contribution is 6.05. The fourth-order valence-corrected chi connectivity index (χ4v) is 4.08. The second-order valence-corrected chi connectivity index (χ2v) is 7.79. The van der Waals surface area contributed by atoms with Crippen molar-refractivity contribution in [3.05, 3.63) is 41.7 Å². The average molecular weight is 433 g/mol. The van der Waals surface area contributed by atoms with Crippen molar-refractivity contribution in [2.24, 2.45) is 0 Å². The normalized spacial score (nSPS) is 17.9. The number of fused-ring (bicyclic) bond motifs is 4. The summed E-state index contributed by atoms with van der Waals surface area (Å²) >= 11 is 0. The molecular weight excluding hydrogens is 411 g/mol. The molecule has 0 unspecified atom stereocenters. The van der Waals surface area contributed by atoms with Crippen LogP contribution in [0.2, 0.25) is 0 Å². The number of nitrogens with zero attached hydrogens (tertiary/aromatic N) is 4. The predicted molar refractivity (Wildman–Crippen MR) is 110 cm³/mol. The highest BCUT2D eigenvalue weighted by atomic mass is 19.4. The third kappa shape index (κ3) is 4.47. The van der Waals surface area contributed by atoms with Crippen molar-refractivity contribution in [1.82, 2.24) is 9.97 Å². The van der Waals surface area contributed by atoms with E-state index in [4.69, 9.17) is 0 Å². The van der Waals surface area contributed by atoms with Crippen LogP contribution in [0, 0.1) is 6.92 Å². The van der Waals surface area contributed by atoms with Gasteiger partial charge in [-0.25, -0.2) is 14.8 Å². The molecule has 2 aromatic rings. The molecule has 10 heteroatoms. The molecule has 31 heavy (non-hydrogen) atoms. The Morgan fingerprint density at radius 1 is 1.29 bits per heavy atom. The summed E-state index contributed by atoms with van der Waals surface area (Å²) in [4.78, 5) is 37.8. The third-order valence-electron chi connectivity index (χ3n) is 5.52. The molecule has 1 atom stereocenters. The van der Waals surface area contributed by atoms with Gasteiger partial charge in [-0.1, -0.05) is 6.07 Å². The molecular formula is C21H22F3N5O2. The standard InChI is InChI=1S/C21H22F3N5O2/c1-13-11-15-19(27-18(13)16(30)7-8-21(22,23)24)29(14-5-4-10-28(15)12-14)20(31)26-17-6-2-3-9-25-17/h2-3,6,9,11,14H,4-5,7-8,10,12H2,1H3,(H,25,26,31)/t14-/m0/s1. The van der Waals surface area contributed by atoms with Crippen molar-refractivity contribution in [2.75, 3.05) is 28.2 Å². The Labute approximate surface area is 177 Å². The summed E-state index contributed by atoms with van der Waals surface area (Å²) in [5.41, 5.74) is 1.18. The number of urea groups is 1. The number of nitrogens with one attached hydrogen (secondary N) is 1. The van der Waals surface area contributed by atoms with Crippen LogP contribution in [0.4, 0.5) is 35.3 Å². The maximum Gasteiger partial charge on any atom is 0.389 e. The zero-order valence-corrected chi connectivity index (χ0v) is 16.9. The van der Waals surface area contributed by atoms with E-state index in [0.29, 0.717) is 29.4 Å². The van der Waals surface area contributed by atoms with Crippen LogP contribution in [0.25, 0.3) is 0 Å². The molecule has 0 spiro atoms. The van der Waals surface area contributed by atoms with E-state index in [1.165, 1.54) is 4.90 Å². The van der Waals surface area contributed by atoms with Gasteiger partial charge in [-0.2, -0.15) is 13.2 Å². The number of hydrogen-bond acceptors (Lipinski definition) is 5. The number of Topliss-reactive ketones (excluding diaryl/α,β-unsaturated/α-hetero) is 1. The lowest BCUT2D eigenvalue weighted by molar-refractivity contribution is -0.133. The fraction of sp³-hybridized carbons (Fsp3) is 0.429. The second-order valence-electron chi connectivity index (χ2n) is 7.79. The first-order valence-corrected chi connectivity index (χ1v) is 10.1. The number of anilines is 3. The van der Waals surface area contributed by atoms with Gasteiger partial charge in [-0.15, -0.1) is 0 Å². The summed E-state index contributed by atoms with van der Waals surface area (Å²) in [6, 6.07) is 6.29. The number of hydrogen-bond donors (Lipinski definition) is 1. The highest BCUT2D eigenvalue weighted by Crippen LogP contribution is 2.39. The molecule has 0 saturated carbocycles. The lowest BCUT2D eigenvalue weighted by Crippen LogP contribution is -2.56. The Kier molecular flexibility index (Phi) is 5.55. The van der Waals surface area contributed by atoms with Crippen LogP contribution in [0.1, 0.15) is 41.7 Å². The number of alkyl halides is 3. The number of rotatable bonds is 4. The van der Waals surface area contributed by atoms with E-state index in [1.807, 2.05) is 0 Å². The Balaban J connectivity index is 1.69. The van der Waals surface area contributed by atoms with Crippen molar-refractivity contribution in [3.63, 3.8) is 0 Å². The molecule has 1 N–H and O–H groups in total. The Bertz CT molecular complexity index is 996. The van der Waals surface area contributed by atoms with E-state index < -0.39 is 30.8 Å². The fourth-order valence-electron chi connectivity index (χ4n) is 4.08. The van der Waals surface area contributed by atoms with Crippen LogP contribution >= 0.6 is 0 Å². The minimum absolute atomic E-state index is 0.0280. The van der Waals surface area contributed by atoms with Crippen molar-refractivity contribution in [3.8, 4) is 0 Å². The van der Waals surface area contributed by atoms with Crippen molar-refractivity contribution >= 4 is 29.1 Å². The van der Waals surface area contributed by atoms with E-state index in [1.54, 1.807) is 37.4 Å². The van der Waals surface area contributed by atoms with Crippen LogP contribution in [0.5, 0.6) is 0 Å². The van der Waals surface area contributed by atoms with Gasteiger partial charge in [-0.05, 0) is 43.5 Å². The summed E-state index contributed by atoms with van der Waals surface area (Å²) in [6.07, 6.45) is -3.09. The van der Waals surface area contributed by atoms with Gasteiger partial charge >= 0.3 is 12.2 Å². The Hall–Kier alpha value is -3.17. The topological polar surface area (TPSA) is 78.4 Å². The zero-order chi connectivity index (χ0) is 22.2. The van der Waals surface area contributed by atoms with Crippen molar-refractivity contribution in [1.29, 1.82) is 0 Å². The molecule has 2 amide bonds. The first-order valence-electron chi connectivity index (χ1n) is 10.1. The number of piperidine rings is 1. The molecule has 4 heterocycles. The van der Waals surface area contributed by atoms with Crippen LogP contribution in [-0.4, -0.2) is 47.1 Å². The van der Waals surface area contributed by atoms with Crippen LogP contribution < -0.4 is 15.1 Å². The van der Waals surface area contributed by atoms with Gasteiger partial charge in [0.1, 0.15) is 11.5 Å². The van der Waals surface area contributed by atoms with E-state index in [2.05, 4.69) is 20.2 Å². The zero-order valence-electron chi connectivity index (χ0n) is 16.9. The van der Waals surface area contributed by atoms with E-state index in [9.17, 15) is 22.8 Å². The lowest BCUT2D eigenvalue weighted by Gasteiger charge is -2.46. The van der Waals surface area contributed by atoms with Gasteiger partial charge in [-0.3, -0.25) is 15.0 Å². The maximum absolute atomic E-state index is 13.1. The van der Waals surface area contributed by atoms with Crippen LogP contribution in [0.3, 0.4) is 0 Å². The highest BCUT2D eigenvalue weighted by Gasteiger charge is 2.39. The molecule has 2 aliphatic rings. The minimum Gasteiger partial charge on any atom is -0.366 e. The molecule has 1 saturated heterocycles. The predicted octanol–water partition coefficient (Wildman–Crippen LogP) is 4.33. The molecule has 2 aromatic heterocycles. The number of amides is 2. The van der Waals surface area contributed by atoms with Gasteiger partial charge < -0.3 is 4.90 Å². The van der Waals surface area contributed by atoms with Crippen LogP contribution in [-0.2, 0) is 0 Å². The average Bonchev–Trinajstić information content (AvgIpc) is 2.73. The van der Waals surface area contributed by atoms with Crippen molar-refractivity contribution in [2.45, 2.75) is 44.8 Å². The summed E-state index contributed by atoms with van der Waals surface area (Å²) < 4.78 is 37.8. The minimum atomic E-state index is -4.42. The Morgan fingerprint density at radius 2 is 2.10 bits per heavy atom. The van der Waals surface area contributed by atoms with E-state index >= 15 is 0 Å². The number of carbonyl (C=O) groups excluding carboxylic acids is 2. The largest absolute Gasteiger partial charge is 0.389 e. The van der Waals surface area contributed by atoms with Gasteiger partial charge in [0, 0.05) is 25.7 Å². The smallest absolute Gasteiger partial charge is 0.366 e. The first-order chi connectivity index (χ1) is 14.7. The number of ketones is 1. The summed E-state index contributed by atoms with van der Waals surface area (Å²) in [6.45, 7) is 3.08. The van der Waals surface area contributed by atoms with Gasteiger partial charge in [0.2, 0.25) is 0 Å². The molecule has 2 aliphatic heterocycles. The SMILES string of the molecule is Cc1cc2c(nc1C(=O)CCC(F)(F)F)N(C(=O)Nc1ccccn1)[C@H]1CCCN2C1. The molecule has 164 valence electrons. The monoisotopic (exact) mass is 433 g/mol. The Morgan fingerprint density at radius 3 is 2.81 bits per heavy atom. The summed E-state index contributed by atoms with van der Waals surface area (Å²) in [5.74, 6) is -0.0142. The first kappa shape index (κ1) is 21.1. The molecule has 2 bridgehead atoms. The van der Waals surface area contributed by atoms with Gasteiger partial charge in [0.05, 0.1) is 18.2 Å². The molecule has 7 nitrogen and oxygen atoms in total. The third-order valence-corrected chi connectivity index (χ3v) is 5.52. The molecule has 4 rings (SSSR count). The van der Waals surface area contributed by atoms with E-state index in [0.717, 1.165) is 19.4 Å². The number of halogens is 3. The second kappa shape index (κ2) is 8.16. The quantitative estimate of drug-likeness (QED) is 0.726. The van der Waals surface area contributed by atoms with Gasteiger partial charge in [0.25, 0.3) is 0 Å². The summed E-state index contributed by atoms with van der Waals surface area (Å²) in [7, 11) is 0. The van der Waals surface area contributed by atoms with Crippen LogP contribution in [0.15, 0.2) is 30.5 Å². The van der Waals surface area contributed by atoms with Gasteiger partial charge in [0.15, 0.2) is 11.6 Å². The lowest BCUT2D eigenvalue weighted by atomic mass is 9.98. The maximum atomic E-state index is 13.1.